The maximum absolute atomic E-state index is 12.6. The lowest BCUT2D eigenvalue weighted by Crippen LogP contribution is -2.13. The van der Waals surface area contributed by atoms with Crippen LogP contribution < -0.4 is 0 Å². The van der Waals surface area contributed by atoms with Crippen molar-refractivity contribution in [1.29, 1.82) is 0 Å². The number of ketones is 1. The number of carbonyl (C=O) groups excluding carboxylic acids is 1. The van der Waals surface area contributed by atoms with Crippen molar-refractivity contribution in [2.75, 3.05) is 0 Å². The number of rotatable bonds is 6. The highest BCUT2D eigenvalue weighted by atomic mass is 35.5. The Labute approximate surface area is 136 Å². The van der Waals surface area contributed by atoms with Crippen molar-refractivity contribution in [3.8, 4) is 0 Å². The molecule has 0 aliphatic carbocycles. The Morgan fingerprint density at radius 1 is 1.19 bits per heavy atom. The summed E-state index contributed by atoms with van der Waals surface area (Å²) in [5.74, 6) is -1.59. The Morgan fingerprint density at radius 3 is 2.52 bits per heavy atom. The molecule has 3 nitrogen and oxygen atoms in total. The van der Waals surface area contributed by atoms with Crippen LogP contribution in [0.4, 0.5) is 0 Å². The molecule has 21 heavy (non-hydrogen) atoms. The van der Waals surface area contributed by atoms with E-state index in [0.29, 0.717) is 14.2 Å². The average molecular weight is 343 g/mol. The van der Waals surface area contributed by atoms with Crippen LogP contribution in [0.5, 0.6) is 0 Å². The van der Waals surface area contributed by atoms with Gasteiger partial charge in [-0.05, 0) is 36.2 Å². The van der Waals surface area contributed by atoms with Gasteiger partial charge in [0.25, 0.3) is 0 Å². The smallest absolute Gasteiger partial charge is 0.303 e. The fraction of sp³-hybridized carbons (Fsp3) is 0.200. The van der Waals surface area contributed by atoms with E-state index in [2.05, 4.69) is 0 Å². The van der Waals surface area contributed by atoms with Gasteiger partial charge in [0.2, 0.25) is 0 Å². The van der Waals surface area contributed by atoms with Gasteiger partial charge in [-0.2, -0.15) is 0 Å². The molecule has 0 amide bonds. The summed E-state index contributed by atoms with van der Waals surface area (Å²) in [7, 11) is 0. The summed E-state index contributed by atoms with van der Waals surface area (Å²) in [6.07, 6.45) is 0.145. The number of carbonyl (C=O) groups is 2. The molecule has 0 aliphatic heterocycles. The van der Waals surface area contributed by atoms with E-state index in [1.807, 2.05) is 0 Å². The first-order chi connectivity index (χ1) is 9.97. The summed E-state index contributed by atoms with van der Waals surface area (Å²) in [5, 5.41) is 9.38. The van der Waals surface area contributed by atoms with E-state index in [-0.39, 0.29) is 18.6 Å². The van der Waals surface area contributed by atoms with E-state index in [1.54, 1.807) is 36.4 Å². The molecule has 110 valence electrons. The maximum atomic E-state index is 12.6. The van der Waals surface area contributed by atoms with Gasteiger partial charge in [-0.15, -0.1) is 11.3 Å². The summed E-state index contributed by atoms with van der Waals surface area (Å²) in [6.45, 7) is 0. The van der Waals surface area contributed by atoms with E-state index in [4.69, 9.17) is 28.3 Å². The highest BCUT2D eigenvalue weighted by Crippen LogP contribution is 2.31. The molecule has 0 saturated heterocycles. The second-order valence-electron chi connectivity index (χ2n) is 4.51. The van der Waals surface area contributed by atoms with Crippen LogP contribution in [0.15, 0.2) is 36.4 Å². The minimum atomic E-state index is -0.931. The monoisotopic (exact) mass is 342 g/mol. The van der Waals surface area contributed by atoms with Gasteiger partial charge >= 0.3 is 5.97 Å². The number of benzene rings is 1. The number of Topliss-reactive ketones (excluding diaryl/α,β-unsaturated/α-hetero) is 1. The summed E-state index contributed by atoms with van der Waals surface area (Å²) in [4.78, 5) is 23.9. The summed E-state index contributed by atoms with van der Waals surface area (Å²) in [5.41, 5.74) is 0.721. The second-order valence-corrected chi connectivity index (χ2v) is 6.66. The molecule has 6 heteroatoms. The Hall–Kier alpha value is -1.36. The van der Waals surface area contributed by atoms with E-state index in [1.165, 1.54) is 11.3 Å². The van der Waals surface area contributed by atoms with Crippen LogP contribution in [0.2, 0.25) is 9.36 Å². The molecule has 1 aromatic heterocycles. The zero-order valence-corrected chi connectivity index (χ0v) is 13.2. The second kappa shape index (κ2) is 7.07. The van der Waals surface area contributed by atoms with Gasteiger partial charge < -0.3 is 5.11 Å². The van der Waals surface area contributed by atoms with E-state index in [0.717, 1.165) is 5.56 Å². The fourth-order valence-electron chi connectivity index (χ4n) is 2.06. The van der Waals surface area contributed by atoms with Crippen LogP contribution in [0.25, 0.3) is 0 Å². The highest BCUT2D eigenvalue weighted by molar-refractivity contribution is 7.18. The van der Waals surface area contributed by atoms with Crippen molar-refractivity contribution in [3.05, 3.63) is 56.2 Å². The van der Waals surface area contributed by atoms with Crippen LogP contribution >= 0.6 is 34.5 Å². The molecule has 2 aromatic rings. The van der Waals surface area contributed by atoms with Crippen molar-refractivity contribution < 1.29 is 14.7 Å². The number of hydrogen-bond donors (Lipinski definition) is 1. The normalized spacial score (nSPS) is 12.1. The third-order valence-corrected chi connectivity index (χ3v) is 4.51. The minimum Gasteiger partial charge on any atom is -0.481 e. The third-order valence-electron chi connectivity index (χ3n) is 3.03. The third kappa shape index (κ3) is 4.30. The van der Waals surface area contributed by atoms with Crippen LogP contribution in [0.1, 0.15) is 34.0 Å². The lowest BCUT2D eigenvalue weighted by Gasteiger charge is -2.15. The number of carboxylic acid groups (broad SMARTS) is 1. The zero-order chi connectivity index (χ0) is 15.4. The van der Waals surface area contributed by atoms with Gasteiger partial charge in [0.05, 0.1) is 9.21 Å². The van der Waals surface area contributed by atoms with Crippen molar-refractivity contribution in [2.24, 2.45) is 0 Å². The molecular weight excluding hydrogens is 331 g/mol. The standard InChI is InChI=1S/C15H12Cl2O3S/c16-10-3-1-2-9(8-10)11(4-7-14(18)19)15(20)12-5-6-13(17)21-12/h1-3,5-6,8,11H,4,7H2,(H,18,19). The molecule has 0 saturated carbocycles. The van der Waals surface area contributed by atoms with Crippen LogP contribution in [0, 0.1) is 0 Å². The molecule has 1 aromatic carbocycles. The predicted octanol–water partition coefficient (Wildman–Crippen LogP) is 4.89. The summed E-state index contributed by atoms with van der Waals surface area (Å²) < 4.78 is 0.529. The first-order valence-electron chi connectivity index (χ1n) is 6.24. The zero-order valence-electron chi connectivity index (χ0n) is 10.9. The number of aliphatic carboxylic acids is 1. The molecule has 1 N–H and O–H groups in total. The van der Waals surface area contributed by atoms with Crippen molar-refractivity contribution >= 4 is 46.3 Å². The molecular formula is C15H12Cl2O3S. The minimum absolute atomic E-state index is 0.0813. The van der Waals surface area contributed by atoms with E-state index in [9.17, 15) is 9.59 Å². The SMILES string of the molecule is O=C(O)CCC(C(=O)c1ccc(Cl)s1)c1cccc(Cl)c1. The molecule has 0 aliphatic rings. The van der Waals surface area contributed by atoms with Crippen molar-refractivity contribution in [1.82, 2.24) is 0 Å². The van der Waals surface area contributed by atoms with Gasteiger partial charge in [0, 0.05) is 17.4 Å². The Morgan fingerprint density at radius 2 is 1.95 bits per heavy atom. The Bertz CT molecular complexity index is 666. The first-order valence-corrected chi connectivity index (χ1v) is 7.81. The predicted molar refractivity (Wildman–Crippen MR) is 84.7 cm³/mol. The molecule has 0 radical (unpaired) electrons. The molecule has 1 atom stereocenters. The van der Waals surface area contributed by atoms with Crippen LogP contribution in [-0.4, -0.2) is 16.9 Å². The number of thiophene rings is 1. The molecule has 0 spiro atoms. The number of hydrogen-bond acceptors (Lipinski definition) is 3. The van der Waals surface area contributed by atoms with Crippen LogP contribution in [-0.2, 0) is 4.79 Å². The first kappa shape index (κ1) is 16.0. The van der Waals surface area contributed by atoms with Gasteiger partial charge in [-0.1, -0.05) is 35.3 Å². The number of halogens is 2. The Kier molecular flexibility index (Phi) is 5.39. The molecule has 0 bridgehead atoms. The maximum Gasteiger partial charge on any atom is 0.303 e. The van der Waals surface area contributed by atoms with Crippen molar-refractivity contribution in [3.63, 3.8) is 0 Å². The molecule has 1 unspecified atom stereocenters. The quantitative estimate of drug-likeness (QED) is 0.760. The lowest BCUT2D eigenvalue weighted by molar-refractivity contribution is -0.137. The summed E-state index contributed by atoms with van der Waals surface area (Å²) in [6, 6.07) is 10.3. The Balaban J connectivity index is 2.31. The van der Waals surface area contributed by atoms with Crippen molar-refractivity contribution in [2.45, 2.75) is 18.8 Å². The van der Waals surface area contributed by atoms with Gasteiger partial charge in [-0.3, -0.25) is 9.59 Å². The topological polar surface area (TPSA) is 54.4 Å². The van der Waals surface area contributed by atoms with Gasteiger partial charge in [0.15, 0.2) is 5.78 Å². The highest BCUT2D eigenvalue weighted by Gasteiger charge is 2.24. The lowest BCUT2D eigenvalue weighted by atomic mass is 9.89. The van der Waals surface area contributed by atoms with E-state index < -0.39 is 11.9 Å². The number of carboxylic acids is 1. The fourth-order valence-corrected chi connectivity index (χ4v) is 3.29. The molecule has 2 rings (SSSR count). The van der Waals surface area contributed by atoms with Gasteiger partial charge in [0.1, 0.15) is 0 Å². The molecule has 1 heterocycles. The largest absolute Gasteiger partial charge is 0.481 e. The average Bonchev–Trinajstić information content (AvgIpc) is 2.85. The van der Waals surface area contributed by atoms with Crippen LogP contribution in [0.3, 0.4) is 0 Å². The van der Waals surface area contributed by atoms with Gasteiger partial charge in [-0.25, -0.2) is 0 Å². The van der Waals surface area contributed by atoms with E-state index >= 15 is 0 Å². The molecule has 0 fully saturated rings. The summed E-state index contributed by atoms with van der Waals surface area (Å²) >= 11 is 13.0.